The maximum absolute atomic E-state index is 5.38. The summed E-state index contributed by atoms with van der Waals surface area (Å²) in [5.41, 5.74) is 4.06. The zero-order valence-electron chi connectivity index (χ0n) is 15.0. The van der Waals surface area contributed by atoms with Crippen molar-refractivity contribution < 1.29 is 4.42 Å². The molecule has 4 aromatic rings. The van der Waals surface area contributed by atoms with Gasteiger partial charge in [-0.3, -0.25) is 0 Å². The fourth-order valence-electron chi connectivity index (χ4n) is 2.78. The zero-order valence-corrected chi connectivity index (χ0v) is 15.0. The average Bonchev–Trinajstić information content (AvgIpc) is 3.22. The smallest absolute Gasteiger partial charge is 0.225 e. The first-order valence-electron chi connectivity index (χ1n) is 8.81. The van der Waals surface area contributed by atoms with Gasteiger partial charge in [0.2, 0.25) is 5.95 Å². The van der Waals surface area contributed by atoms with E-state index in [2.05, 4.69) is 33.6 Å². The number of nitrogens with one attached hydrogen (secondary N) is 2. The standard InChI is InChI=1S/C22H20N4O/c1-16-8-5-6-12-19(16)24-21-14-20(17-9-3-2-4-10-17)25-22(26-21)23-15-18-11-7-13-27-18/h2-14H,15H2,1H3,(H2,23,24,25,26). The third kappa shape index (κ3) is 4.15. The van der Waals surface area contributed by atoms with Crippen molar-refractivity contribution in [2.75, 3.05) is 10.6 Å². The Morgan fingerprint density at radius 1 is 0.889 bits per heavy atom. The molecule has 0 radical (unpaired) electrons. The number of aromatic nitrogens is 2. The summed E-state index contributed by atoms with van der Waals surface area (Å²) in [6, 6.07) is 23.9. The SMILES string of the molecule is Cc1ccccc1Nc1cc(-c2ccccc2)nc(NCc2ccco2)n1. The number of aryl methyl sites for hydroxylation is 1. The number of anilines is 3. The molecular weight excluding hydrogens is 336 g/mol. The van der Waals surface area contributed by atoms with Crippen LogP contribution in [0.15, 0.2) is 83.5 Å². The van der Waals surface area contributed by atoms with E-state index in [1.807, 2.05) is 66.7 Å². The Hall–Kier alpha value is -3.60. The summed E-state index contributed by atoms with van der Waals surface area (Å²) in [5.74, 6) is 2.11. The van der Waals surface area contributed by atoms with E-state index >= 15 is 0 Å². The summed E-state index contributed by atoms with van der Waals surface area (Å²) >= 11 is 0. The Morgan fingerprint density at radius 2 is 1.70 bits per heavy atom. The molecule has 4 rings (SSSR count). The fourth-order valence-corrected chi connectivity index (χ4v) is 2.78. The predicted octanol–water partition coefficient (Wildman–Crippen LogP) is 5.40. The predicted molar refractivity (Wildman–Crippen MR) is 108 cm³/mol. The van der Waals surface area contributed by atoms with Crippen LogP contribution in [0.25, 0.3) is 11.3 Å². The Kier molecular flexibility index (Phi) is 4.83. The second kappa shape index (κ2) is 7.74. The van der Waals surface area contributed by atoms with Crippen LogP contribution in [0.4, 0.5) is 17.5 Å². The fraction of sp³-hybridized carbons (Fsp3) is 0.0909. The van der Waals surface area contributed by atoms with Crippen LogP contribution >= 0.6 is 0 Å². The molecule has 0 atom stereocenters. The van der Waals surface area contributed by atoms with E-state index in [4.69, 9.17) is 4.42 Å². The highest BCUT2D eigenvalue weighted by molar-refractivity contribution is 5.68. The molecule has 2 heterocycles. The molecule has 0 aliphatic heterocycles. The van der Waals surface area contributed by atoms with Gasteiger partial charge < -0.3 is 15.1 Å². The minimum Gasteiger partial charge on any atom is -0.467 e. The molecule has 0 bridgehead atoms. The van der Waals surface area contributed by atoms with Crippen molar-refractivity contribution in [1.29, 1.82) is 0 Å². The van der Waals surface area contributed by atoms with Gasteiger partial charge in [-0.1, -0.05) is 48.5 Å². The van der Waals surface area contributed by atoms with Gasteiger partial charge in [0.15, 0.2) is 0 Å². The molecule has 0 spiro atoms. The minimum atomic E-state index is 0.523. The Balaban J connectivity index is 1.66. The molecule has 0 unspecified atom stereocenters. The molecule has 2 aromatic heterocycles. The van der Waals surface area contributed by atoms with Crippen molar-refractivity contribution in [3.63, 3.8) is 0 Å². The molecule has 2 aromatic carbocycles. The number of rotatable bonds is 6. The zero-order chi connectivity index (χ0) is 18.5. The quantitative estimate of drug-likeness (QED) is 0.484. The molecule has 2 N–H and O–H groups in total. The van der Waals surface area contributed by atoms with Crippen molar-refractivity contribution in [2.24, 2.45) is 0 Å². The van der Waals surface area contributed by atoms with Gasteiger partial charge in [-0.2, -0.15) is 4.98 Å². The highest BCUT2D eigenvalue weighted by Crippen LogP contribution is 2.25. The summed E-state index contributed by atoms with van der Waals surface area (Å²) in [4.78, 5) is 9.28. The summed E-state index contributed by atoms with van der Waals surface area (Å²) in [6.07, 6.45) is 1.66. The van der Waals surface area contributed by atoms with Gasteiger partial charge in [-0.15, -0.1) is 0 Å². The molecule has 0 amide bonds. The van der Waals surface area contributed by atoms with Gasteiger partial charge in [-0.25, -0.2) is 4.98 Å². The van der Waals surface area contributed by atoms with Gasteiger partial charge in [-0.05, 0) is 30.7 Å². The maximum Gasteiger partial charge on any atom is 0.225 e. The topological polar surface area (TPSA) is 63.0 Å². The number of para-hydroxylation sites is 1. The van der Waals surface area contributed by atoms with E-state index in [1.54, 1.807) is 6.26 Å². The molecule has 134 valence electrons. The first-order chi connectivity index (χ1) is 13.3. The summed E-state index contributed by atoms with van der Waals surface area (Å²) in [6.45, 7) is 2.59. The normalized spacial score (nSPS) is 10.6. The first-order valence-corrected chi connectivity index (χ1v) is 8.81. The number of hydrogen-bond acceptors (Lipinski definition) is 5. The van der Waals surface area contributed by atoms with Crippen LogP contribution in [0.3, 0.4) is 0 Å². The van der Waals surface area contributed by atoms with Crippen LogP contribution in [0.1, 0.15) is 11.3 Å². The lowest BCUT2D eigenvalue weighted by molar-refractivity contribution is 0.517. The monoisotopic (exact) mass is 356 g/mol. The number of nitrogens with zero attached hydrogens (tertiary/aromatic N) is 2. The average molecular weight is 356 g/mol. The number of hydrogen-bond donors (Lipinski definition) is 2. The van der Waals surface area contributed by atoms with Crippen LogP contribution in [0.5, 0.6) is 0 Å². The van der Waals surface area contributed by atoms with Crippen LogP contribution in [0, 0.1) is 6.92 Å². The lowest BCUT2D eigenvalue weighted by Crippen LogP contribution is -2.06. The molecule has 5 nitrogen and oxygen atoms in total. The Morgan fingerprint density at radius 3 is 2.48 bits per heavy atom. The molecule has 0 aliphatic rings. The van der Waals surface area contributed by atoms with Gasteiger partial charge in [0.05, 0.1) is 18.5 Å². The van der Waals surface area contributed by atoms with Crippen molar-refractivity contribution in [2.45, 2.75) is 13.5 Å². The van der Waals surface area contributed by atoms with E-state index in [-0.39, 0.29) is 0 Å². The highest BCUT2D eigenvalue weighted by atomic mass is 16.3. The van der Waals surface area contributed by atoms with Crippen LogP contribution in [-0.4, -0.2) is 9.97 Å². The molecule has 0 saturated carbocycles. The second-order valence-corrected chi connectivity index (χ2v) is 6.20. The molecule has 0 aliphatic carbocycles. The molecule has 5 heteroatoms. The summed E-state index contributed by atoms with van der Waals surface area (Å²) in [7, 11) is 0. The van der Waals surface area contributed by atoms with Crippen molar-refractivity contribution in [1.82, 2.24) is 9.97 Å². The van der Waals surface area contributed by atoms with Crippen molar-refractivity contribution in [3.05, 3.63) is 90.4 Å². The Bertz CT molecular complexity index is 1010. The van der Waals surface area contributed by atoms with Crippen LogP contribution < -0.4 is 10.6 Å². The van der Waals surface area contributed by atoms with E-state index in [0.29, 0.717) is 12.5 Å². The lowest BCUT2D eigenvalue weighted by Gasteiger charge is -2.12. The summed E-state index contributed by atoms with van der Waals surface area (Å²) < 4.78 is 5.38. The van der Waals surface area contributed by atoms with Gasteiger partial charge in [0, 0.05) is 17.3 Å². The first kappa shape index (κ1) is 16.8. The van der Waals surface area contributed by atoms with E-state index < -0.39 is 0 Å². The largest absolute Gasteiger partial charge is 0.467 e. The maximum atomic E-state index is 5.38. The second-order valence-electron chi connectivity index (χ2n) is 6.20. The molecule has 0 fully saturated rings. The van der Waals surface area contributed by atoms with Crippen LogP contribution in [0.2, 0.25) is 0 Å². The third-order valence-electron chi connectivity index (χ3n) is 4.20. The lowest BCUT2D eigenvalue weighted by atomic mass is 10.1. The van der Waals surface area contributed by atoms with Gasteiger partial charge in [0.25, 0.3) is 0 Å². The van der Waals surface area contributed by atoms with E-state index in [1.165, 1.54) is 0 Å². The highest BCUT2D eigenvalue weighted by Gasteiger charge is 2.08. The third-order valence-corrected chi connectivity index (χ3v) is 4.20. The minimum absolute atomic E-state index is 0.523. The van der Waals surface area contributed by atoms with E-state index in [0.717, 1.165) is 34.1 Å². The van der Waals surface area contributed by atoms with Gasteiger partial charge >= 0.3 is 0 Å². The summed E-state index contributed by atoms with van der Waals surface area (Å²) in [5, 5.41) is 6.64. The van der Waals surface area contributed by atoms with Gasteiger partial charge in [0.1, 0.15) is 11.6 Å². The number of benzene rings is 2. The van der Waals surface area contributed by atoms with Crippen molar-refractivity contribution in [3.8, 4) is 11.3 Å². The number of furan rings is 1. The molecule has 0 saturated heterocycles. The van der Waals surface area contributed by atoms with Crippen LogP contribution in [-0.2, 0) is 6.54 Å². The molecule has 27 heavy (non-hydrogen) atoms. The molecular formula is C22H20N4O. The Labute approximate surface area is 158 Å². The van der Waals surface area contributed by atoms with E-state index in [9.17, 15) is 0 Å². The van der Waals surface area contributed by atoms with Crippen molar-refractivity contribution >= 4 is 17.5 Å².